The molecule has 2 heterocycles. The van der Waals surface area contributed by atoms with Crippen molar-refractivity contribution in [2.45, 2.75) is 32.0 Å². The Morgan fingerprint density at radius 2 is 1.78 bits per heavy atom. The van der Waals surface area contributed by atoms with Crippen molar-refractivity contribution in [2.24, 2.45) is 7.05 Å². The van der Waals surface area contributed by atoms with E-state index in [2.05, 4.69) is 27.5 Å². The summed E-state index contributed by atoms with van der Waals surface area (Å²) in [5.74, 6) is 0.932. The molecule has 0 saturated carbocycles. The Kier molecular flexibility index (Phi) is 6.70. The summed E-state index contributed by atoms with van der Waals surface area (Å²) in [5, 5.41) is 17.1. The lowest BCUT2D eigenvalue weighted by atomic mass is 10.1. The summed E-state index contributed by atoms with van der Waals surface area (Å²) in [6, 6.07) is 18.0. The van der Waals surface area contributed by atoms with E-state index in [1.54, 1.807) is 4.68 Å². The molecule has 0 bridgehead atoms. The quantitative estimate of drug-likeness (QED) is 0.398. The number of carbonyl (C=O) groups is 1. The van der Waals surface area contributed by atoms with Crippen LogP contribution in [0.5, 0.6) is 0 Å². The third-order valence-electron chi connectivity index (χ3n) is 5.13. The molecule has 0 atom stereocenters. The lowest BCUT2D eigenvalue weighted by Gasteiger charge is -2.08. The molecule has 4 rings (SSSR count). The fourth-order valence-corrected chi connectivity index (χ4v) is 4.29. The van der Waals surface area contributed by atoms with Crippen LogP contribution in [0.2, 0.25) is 0 Å². The Balaban J connectivity index is 1.51. The number of aryl methyl sites for hydroxylation is 2. The molecule has 0 saturated heterocycles. The third kappa shape index (κ3) is 4.75. The molecule has 7 nitrogen and oxygen atoms in total. The molecule has 2 aromatic heterocycles. The predicted molar refractivity (Wildman–Crippen MR) is 129 cm³/mol. The molecule has 0 aliphatic heterocycles. The Labute approximate surface area is 191 Å². The van der Waals surface area contributed by atoms with Gasteiger partial charge in [-0.1, -0.05) is 61.2 Å². The average Bonchev–Trinajstić information content (AvgIpc) is 3.41. The fraction of sp³-hybridized carbons (Fsp3) is 0.250. The monoisotopic (exact) mass is 446 g/mol. The van der Waals surface area contributed by atoms with Crippen LogP contribution in [-0.4, -0.2) is 36.2 Å². The molecular weight excluding hydrogens is 420 g/mol. The Bertz CT molecular complexity index is 1200. The molecular formula is C24H26N6OS. The van der Waals surface area contributed by atoms with E-state index >= 15 is 0 Å². The molecule has 8 heteroatoms. The third-order valence-corrected chi connectivity index (χ3v) is 6.10. The summed E-state index contributed by atoms with van der Waals surface area (Å²) in [7, 11) is 1.90. The number of carbonyl (C=O) groups excluding carboxylic acids is 1. The summed E-state index contributed by atoms with van der Waals surface area (Å²) in [4.78, 5) is 12.5. The first-order chi connectivity index (χ1) is 15.6. The number of amides is 1. The molecule has 1 N–H and O–H groups in total. The fourth-order valence-electron chi connectivity index (χ4n) is 3.49. The number of nitrogens with one attached hydrogen (secondary N) is 1. The highest BCUT2D eigenvalue weighted by atomic mass is 32.2. The van der Waals surface area contributed by atoms with E-state index in [-0.39, 0.29) is 11.7 Å². The van der Waals surface area contributed by atoms with Crippen molar-refractivity contribution < 1.29 is 4.79 Å². The van der Waals surface area contributed by atoms with Gasteiger partial charge < -0.3 is 9.88 Å². The standard InChI is InChI=1S/C24H26N6OS/c1-4-17-11-13-19(14-12-17)25-21(31)16-32-24-27-26-23(30(24)5-2)20-15-29(3)28-22(20)18-9-7-6-8-10-18/h6-15H,4-5,16H2,1-3H3,(H,25,31). The van der Waals surface area contributed by atoms with Gasteiger partial charge in [-0.15, -0.1) is 10.2 Å². The maximum absolute atomic E-state index is 12.5. The van der Waals surface area contributed by atoms with Crippen LogP contribution in [0.15, 0.2) is 66.0 Å². The second-order valence-electron chi connectivity index (χ2n) is 7.37. The summed E-state index contributed by atoms with van der Waals surface area (Å²) >= 11 is 1.38. The van der Waals surface area contributed by atoms with Gasteiger partial charge in [0.1, 0.15) is 5.69 Å². The van der Waals surface area contributed by atoms with Crippen LogP contribution >= 0.6 is 11.8 Å². The van der Waals surface area contributed by atoms with E-state index in [0.29, 0.717) is 11.7 Å². The first-order valence-electron chi connectivity index (χ1n) is 10.6. The van der Waals surface area contributed by atoms with E-state index in [0.717, 1.165) is 34.8 Å². The zero-order valence-corrected chi connectivity index (χ0v) is 19.3. The number of thioether (sulfide) groups is 1. The number of benzene rings is 2. The minimum absolute atomic E-state index is 0.0715. The zero-order valence-electron chi connectivity index (χ0n) is 18.4. The maximum atomic E-state index is 12.5. The van der Waals surface area contributed by atoms with Gasteiger partial charge in [0.05, 0.1) is 11.3 Å². The zero-order chi connectivity index (χ0) is 22.5. The number of anilines is 1. The highest BCUT2D eigenvalue weighted by Crippen LogP contribution is 2.31. The van der Waals surface area contributed by atoms with Gasteiger partial charge in [0.2, 0.25) is 5.91 Å². The number of hydrogen-bond acceptors (Lipinski definition) is 5. The summed E-state index contributed by atoms with van der Waals surface area (Å²) < 4.78 is 3.81. The smallest absolute Gasteiger partial charge is 0.234 e. The topological polar surface area (TPSA) is 77.6 Å². The van der Waals surface area contributed by atoms with Crippen LogP contribution in [0.1, 0.15) is 19.4 Å². The van der Waals surface area contributed by atoms with Crippen LogP contribution in [0.25, 0.3) is 22.6 Å². The molecule has 0 radical (unpaired) electrons. The highest BCUT2D eigenvalue weighted by molar-refractivity contribution is 7.99. The van der Waals surface area contributed by atoms with Gasteiger partial charge in [0.15, 0.2) is 11.0 Å². The molecule has 0 unspecified atom stereocenters. The minimum atomic E-state index is -0.0715. The van der Waals surface area contributed by atoms with E-state index in [4.69, 9.17) is 0 Å². The van der Waals surface area contributed by atoms with E-state index in [1.165, 1.54) is 17.3 Å². The van der Waals surface area contributed by atoms with Crippen molar-refractivity contribution in [2.75, 3.05) is 11.1 Å². The molecule has 0 aliphatic rings. The Morgan fingerprint density at radius 1 is 1.03 bits per heavy atom. The van der Waals surface area contributed by atoms with Crippen LogP contribution < -0.4 is 5.32 Å². The molecule has 1 amide bonds. The maximum Gasteiger partial charge on any atom is 0.234 e. The lowest BCUT2D eigenvalue weighted by Crippen LogP contribution is -2.14. The summed E-state index contributed by atoms with van der Waals surface area (Å²) in [5.41, 5.74) is 4.84. The van der Waals surface area contributed by atoms with Gasteiger partial charge in [0.25, 0.3) is 0 Å². The Morgan fingerprint density at radius 3 is 2.47 bits per heavy atom. The molecule has 4 aromatic rings. The van der Waals surface area contributed by atoms with Crippen LogP contribution in [0.3, 0.4) is 0 Å². The van der Waals surface area contributed by atoms with Crippen molar-refractivity contribution in [3.63, 3.8) is 0 Å². The van der Waals surface area contributed by atoms with Crippen LogP contribution in [0.4, 0.5) is 5.69 Å². The number of rotatable bonds is 8. The summed E-state index contributed by atoms with van der Waals surface area (Å²) in [6.45, 7) is 4.84. The van der Waals surface area contributed by atoms with Crippen molar-refractivity contribution >= 4 is 23.4 Å². The van der Waals surface area contributed by atoms with Crippen LogP contribution in [-0.2, 0) is 24.8 Å². The molecule has 0 spiro atoms. The number of aromatic nitrogens is 5. The normalized spacial score (nSPS) is 11.0. The van der Waals surface area contributed by atoms with Gasteiger partial charge in [-0.2, -0.15) is 5.10 Å². The van der Waals surface area contributed by atoms with Gasteiger partial charge in [0, 0.05) is 31.0 Å². The second-order valence-corrected chi connectivity index (χ2v) is 8.31. The average molecular weight is 447 g/mol. The number of nitrogens with zero attached hydrogens (tertiary/aromatic N) is 5. The van der Waals surface area contributed by atoms with Gasteiger partial charge in [-0.05, 0) is 31.0 Å². The molecule has 0 fully saturated rings. The lowest BCUT2D eigenvalue weighted by molar-refractivity contribution is -0.113. The van der Waals surface area contributed by atoms with Gasteiger partial charge in [-0.25, -0.2) is 0 Å². The van der Waals surface area contributed by atoms with Gasteiger partial charge in [-0.3, -0.25) is 9.48 Å². The van der Waals surface area contributed by atoms with Crippen molar-refractivity contribution in [3.8, 4) is 22.6 Å². The minimum Gasteiger partial charge on any atom is -0.325 e. The van der Waals surface area contributed by atoms with E-state index < -0.39 is 0 Å². The van der Waals surface area contributed by atoms with Crippen LogP contribution in [0, 0.1) is 0 Å². The number of hydrogen-bond donors (Lipinski definition) is 1. The molecule has 0 aliphatic carbocycles. The van der Waals surface area contributed by atoms with Gasteiger partial charge >= 0.3 is 0 Å². The second kappa shape index (κ2) is 9.82. The largest absolute Gasteiger partial charge is 0.325 e. The van der Waals surface area contributed by atoms with Crippen molar-refractivity contribution in [3.05, 3.63) is 66.4 Å². The predicted octanol–water partition coefficient (Wildman–Crippen LogP) is 4.66. The summed E-state index contributed by atoms with van der Waals surface area (Å²) in [6.07, 6.45) is 2.93. The van der Waals surface area contributed by atoms with Crippen molar-refractivity contribution in [1.82, 2.24) is 24.5 Å². The van der Waals surface area contributed by atoms with E-state index in [1.807, 2.05) is 79.3 Å². The SMILES string of the molecule is CCc1ccc(NC(=O)CSc2nnc(-c3cn(C)nc3-c3ccccc3)n2CC)cc1. The first kappa shape index (κ1) is 21.8. The van der Waals surface area contributed by atoms with Crippen molar-refractivity contribution in [1.29, 1.82) is 0 Å². The molecule has 2 aromatic carbocycles. The highest BCUT2D eigenvalue weighted by Gasteiger charge is 2.20. The first-order valence-corrected chi connectivity index (χ1v) is 11.6. The molecule has 164 valence electrons. The molecule has 32 heavy (non-hydrogen) atoms. The Hall–Kier alpha value is -3.39. The van der Waals surface area contributed by atoms with E-state index in [9.17, 15) is 4.79 Å².